The van der Waals surface area contributed by atoms with Crippen molar-refractivity contribution in [1.82, 2.24) is 15.2 Å². The van der Waals surface area contributed by atoms with Crippen molar-refractivity contribution in [3.05, 3.63) is 64.7 Å². The van der Waals surface area contributed by atoms with E-state index in [2.05, 4.69) is 15.6 Å². The molecule has 2 aromatic carbocycles. The molecule has 3 aromatic rings. The lowest BCUT2D eigenvalue weighted by molar-refractivity contribution is -0.144. The minimum absolute atomic E-state index is 0.0432. The lowest BCUT2D eigenvalue weighted by atomic mass is 10.0. The number of aromatic hydroxyl groups is 1. The first-order chi connectivity index (χ1) is 18.5. The third-order valence-corrected chi connectivity index (χ3v) is 8.95. The van der Waals surface area contributed by atoms with Crippen molar-refractivity contribution < 1.29 is 24.2 Å². The molecule has 1 aromatic heterocycles. The van der Waals surface area contributed by atoms with E-state index in [1.165, 1.54) is 0 Å². The van der Waals surface area contributed by atoms with Crippen molar-refractivity contribution in [2.24, 2.45) is 4.99 Å². The maximum absolute atomic E-state index is 12.8. The van der Waals surface area contributed by atoms with Crippen molar-refractivity contribution in [2.75, 3.05) is 12.4 Å². The molecule has 3 atom stereocenters. The second-order valence-corrected chi connectivity index (χ2v) is 11.0. The number of urea groups is 1. The van der Waals surface area contributed by atoms with Gasteiger partial charge in [0.2, 0.25) is 5.88 Å². The first-order valence-electron chi connectivity index (χ1n) is 12.9. The first-order valence-corrected chi connectivity index (χ1v) is 13.9. The summed E-state index contributed by atoms with van der Waals surface area (Å²) in [6, 6.07) is 15.0. The Labute approximate surface area is 223 Å². The summed E-state index contributed by atoms with van der Waals surface area (Å²) in [5.74, 6) is 0.224. The normalized spacial score (nSPS) is 21.7. The lowest BCUT2D eigenvalue weighted by Crippen LogP contribution is -2.36. The Morgan fingerprint density at radius 1 is 1.11 bits per heavy atom. The van der Waals surface area contributed by atoms with Crippen LogP contribution >= 0.6 is 11.8 Å². The molecule has 38 heavy (non-hydrogen) atoms. The largest absolute Gasteiger partial charge is 0.494 e. The second-order valence-electron chi connectivity index (χ2n) is 9.76. The molecule has 9 nitrogen and oxygen atoms in total. The summed E-state index contributed by atoms with van der Waals surface area (Å²) in [5.41, 5.74) is 1.58. The molecule has 10 heteroatoms. The Morgan fingerprint density at radius 2 is 1.92 bits per heavy atom. The van der Waals surface area contributed by atoms with Crippen molar-refractivity contribution in [1.29, 1.82) is 0 Å². The maximum atomic E-state index is 12.8. The number of rotatable bonds is 9. The quantitative estimate of drug-likeness (QED) is 0.220. The van der Waals surface area contributed by atoms with E-state index in [9.17, 15) is 19.5 Å². The maximum Gasteiger partial charge on any atom is 0.315 e. The van der Waals surface area contributed by atoms with Crippen LogP contribution < -0.4 is 21.2 Å². The molecule has 0 saturated carbocycles. The van der Waals surface area contributed by atoms with Gasteiger partial charge in [-0.05, 0) is 25.0 Å². The molecular formula is C28H28N4O5S. The Hall–Kier alpha value is -3.79. The average molecular weight is 533 g/mol. The predicted molar refractivity (Wildman–Crippen MR) is 143 cm³/mol. The number of carbonyl (C=O) groups excluding carboxylic acids is 3. The minimum Gasteiger partial charge on any atom is -0.494 e. The van der Waals surface area contributed by atoms with Crippen LogP contribution in [0, 0.1) is 0 Å². The Morgan fingerprint density at radius 3 is 2.82 bits per heavy atom. The Bertz CT molecular complexity index is 1560. The number of aromatic nitrogens is 1. The number of unbranched alkanes of at least 4 members (excludes halogenated alkanes) is 1. The summed E-state index contributed by atoms with van der Waals surface area (Å²) < 4.78 is 7.16. The van der Waals surface area contributed by atoms with Crippen molar-refractivity contribution >= 4 is 46.1 Å². The second kappa shape index (κ2) is 10.2. The SMILES string of the molecule is O=C1N[C@H]2[C@H](CS[C@H]2CCCCC(=O)OCCn2c(O)c(C3=c4ccccc4=NC3=O)c3ccccc32)N1. The van der Waals surface area contributed by atoms with Gasteiger partial charge in [-0.25, -0.2) is 9.79 Å². The smallest absolute Gasteiger partial charge is 0.315 e. The summed E-state index contributed by atoms with van der Waals surface area (Å²) >= 11 is 1.87. The molecule has 4 heterocycles. The number of benzene rings is 2. The van der Waals surface area contributed by atoms with Crippen LogP contribution in [0.15, 0.2) is 53.5 Å². The van der Waals surface area contributed by atoms with Crippen LogP contribution in [0.5, 0.6) is 5.88 Å². The zero-order valence-corrected chi connectivity index (χ0v) is 21.5. The van der Waals surface area contributed by atoms with Gasteiger partial charge >= 0.3 is 12.0 Å². The van der Waals surface area contributed by atoms with Crippen LogP contribution in [0.3, 0.4) is 0 Å². The highest BCUT2D eigenvalue weighted by molar-refractivity contribution is 8.00. The molecule has 3 N–H and O–H groups in total. The van der Waals surface area contributed by atoms with Gasteiger partial charge in [0.05, 0.1) is 40.6 Å². The van der Waals surface area contributed by atoms with E-state index >= 15 is 0 Å². The molecule has 3 amide bonds. The van der Waals surface area contributed by atoms with E-state index in [0.717, 1.165) is 35.9 Å². The van der Waals surface area contributed by atoms with Gasteiger partial charge in [0.25, 0.3) is 5.91 Å². The van der Waals surface area contributed by atoms with Crippen LogP contribution in [0.4, 0.5) is 4.79 Å². The number of thioether (sulfide) groups is 1. The fourth-order valence-corrected chi connectivity index (χ4v) is 7.19. The molecule has 0 unspecified atom stereocenters. The molecule has 2 saturated heterocycles. The fraction of sp³-hybridized carbons (Fsp3) is 0.357. The van der Waals surface area contributed by atoms with E-state index in [1.54, 1.807) is 10.6 Å². The van der Waals surface area contributed by atoms with E-state index in [4.69, 9.17) is 4.74 Å². The number of esters is 1. The van der Waals surface area contributed by atoms with Gasteiger partial charge in [0.1, 0.15) is 6.61 Å². The van der Waals surface area contributed by atoms with Gasteiger partial charge in [0, 0.05) is 28.0 Å². The number of amides is 3. The van der Waals surface area contributed by atoms with Crippen molar-refractivity contribution in [3.8, 4) is 5.88 Å². The number of carbonyl (C=O) groups is 3. The highest BCUT2D eigenvalue weighted by Gasteiger charge is 2.42. The highest BCUT2D eigenvalue weighted by Crippen LogP contribution is 2.36. The predicted octanol–water partition coefficient (Wildman–Crippen LogP) is 1.97. The summed E-state index contributed by atoms with van der Waals surface area (Å²) in [5, 5.41) is 19.6. The topological polar surface area (TPSA) is 122 Å². The summed E-state index contributed by atoms with van der Waals surface area (Å²) in [4.78, 5) is 40.8. The molecular weight excluding hydrogens is 504 g/mol. The molecule has 6 rings (SSSR count). The number of ether oxygens (including phenoxy) is 1. The highest BCUT2D eigenvalue weighted by atomic mass is 32.2. The molecule has 2 fully saturated rings. The summed E-state index contributed by atoms with van der Waals surface area (Å²) in [6.45, 7) is 0.363. The van der Waals surface area contributed by atoms with E-state index in [-0.39, 0.29) is 49.0 Å². The van der Waals surface area contributed by atoms with E-state index < -0.39 is 0 Å². The molecule has 0 aliphatic carbocycles. The standard InChI is InChI=1S/C28H28N4O5S/c33-22(12-6-5-11-21-25-19(15-38-21)30-28(36)31-25)37-14-13-32-20-10-4-2-8-17(20)24(27(32)35)23-16-7-1-3-9-18(16)29-26(23)34/h1-4,7-10,19,21,25,35H,5-6,11-15H2,(H2,30,31,36)/t19-,21-,25-/m0/s1. The van der Waals surface area contributed by atoms with Crippen LogP contribution in [0.25, 0.3) is 16.5 Å². The zero-order valence-electron chi connectivity index (χ0n) is 20.7. The first kappa shape index (κ1) is 24.5. The number of para-hydroxylation sites is 2. The van der Waals surface area contributed by atoms with Gasteiger partial charge in [-0.2, -0.15) is 11.8 Å². The molecule has 3 aliphatic heterocycles. The van der Waals surface area contributed by atoms with Crippen LogP contribution in [-0.2, 0) is 20.9 Å². The number of fused-ring (bicyclic) bond motifs is 3. The fourth-order valence-electron chi connectivity index (χ4n) is 5.65. The van der Waals surface area contributed by atoms with Gasteiger partial charge < -0.3 is 25.0 Å². The molecule has 3 aliphatic rings. The lowest BCUT2D eigenvalue weighted by Gasteiger charge is -2.16. The van der Waals surface area contributed by atoms with Crippen LogP contribution in [0.2, 0.25) is 0 Å². The molecule has 0 radical (unpaired) electrons. The Balaban J connectivity index is 1.08. The third kappa shape index (κ3) is 4.42. The number of hydrogen-bond donors (Lipinski definition) is 3. The van der Waals surface area contributed by atoms with E-state index in [1.807, 2.05) is 54.2 Å². The zero-order chi connectivity index (χ0) is 26.2. The van der Waals surface area contributed by atoms with Gasteiger partial charge in [-0.1, -0.05) is 42.8 Å². The Kier molecular flexibility index (Phi) is 6.57. The van der Waals surface area contributed by atoms with Crippen LogP contribution in [-0.4, -0.2) is 57.3 Å². The van der Waals surface area contributed by atoms with Crippen molar-refractivity contribution in [2.45, 2.75) is 49.6 Å². The minimum atomic E-state index is -0.381. The number of nitrogens with zero attached hydrogens (tertiary/aromatic N) is 2. The van der Waals surface area contributed by atoms with Gasteiger partial charge in [0.15, 0.2) is 0 Å². The molecule has 0 spiro atoms. The number of nitrogens with one attached hydrogen (secondary N) is 2. The van der Waals surface area contributed by atoms with Crippen molar-refractivity contribution in [3.63, 3.8) is 0 Å². The van der Waals surface area contributed by atoms with Crippen LogP contribution in [0.1, 0.15) is 31.2 Å². The molecule has 0 bridgehead atoms. The average Bonchev–Trinajstić information content (AvgIpc) is 3.62. The van der Waals surface area contributed by atoms with E-state index in [0.29, 0.717) is 33.4 Å². The van der Waals surface area contributed by atoms with Gasteiger partial charge in [-0.3, -0.25) is 9.59 Å². The van der Waals surface area contributed by atoms with Gasteiger partial charge in [-0.15, -0.1) is 0 Å². The monoisotopic (exact) mass is 532 g/mol. The summed E-state index contributed by atoms with van der Waals surface area (Å²) in [7, 11) is 0. The number of hydrogen-bond acceptors (Lipinski definition) is 6. The summed E-state index contributed by atoms with van der Waals surface area (Å²) in [6.07, 6.45) is 2.88. The molecule has 196 valence electrons. The third-order valence-electron chi connectivity index (χ3n) is 7.44.